The van der Waals surface area contributed by atoms with Crippen LogP contribution in [0.25, 0.3) is 0 Å². The normalized spacial score (nSPS) is 18.2. The maximum Gasteiger partial charge on any atom is 0.322 e. The summed E-state index contributed by atoms with van der Waals surface area (Å²) in [7, 11) is 0. The minimum Gasteiger partial charge on any atom is -0.317 e. The molecule has 1 aromatic carbocycles. The lowest BCUT2D eigenvalue weighted by Gasteiger charge is -2.24. The van der Waals surface area contributed by atoms with E-state index in [4.69, 9.17) is 0 Å². The van der Waals surface area contributed by atoms with Gasteiger partial charge in [0.05, 0.1) is 6.04 Å². The van der Waals surface area contributed by atoms with Crippen LogP contribution in [0.1, 0.15) is 23.8 Å². The number of rotatable bonds is 2. The van der Waals surface area contributed by atoms with Crippen molar-refractivity contribution in [3.63, 3.8) is 0 Å². The largest absolute Gasteiger partial charge is 0.322 e. The van der Waals surface area contributed by atoms with Crippen molar-refractivity contribution in [2.45, 2.75) is 18.9 Å². The van der Waals surface area contributed by atoms with Gasteiger partial charge >= 0.3 is 6.03 Å². The fourth-order valence-corrected chi connectivity index (χ4v) is 3.42. The van der Waals surface area contributed by atoms with Crippen molar-refractivity contribution in [1.82, 2.24) is 4.90 Å². The van der Waals surface area contributed by atoms with Gasteiger partial charge in [0.25, 0.3) is 0 Å². The Hall–Kier alpha value is -1.88. The average Bonchev–Trinajstić information content (AvgIpc) is 3.09. The Kier molecular flexibility index (Phi) is 3.69. The van der Waals surface area contributed by atoms with E-state index in [1.54, 1.807) is 23.5 Å². The lowest BCUT2D eigenvalue weighted by molar-refractivity contribution is 0.208. The van der Waals surface area contributed by atoms with Crippen LogP contribution in [0, 0.1) is 5.82 Å². The van der Waals surface area contributed by atoms with E-state index >= 15 is 0 Å². The van der Waals surface area contributed by atoms with Gasteiger partial charge in [-0.15, -0.1) is 11.3 Å². The first kappa shape index (κ1) is 13.1. The van der Waals surface area contributed by atoms with Crippen LogP contribution in [0.15, 0.2) is 41.8 Å². The number of hydrogen-bond donors (Lipinski definition) is 1. The molecular weight excluding hydrogens is 275 g/mol. The molecular formula is C15H15FN2OS. The third-order valence-corrected chi connectivity index (χ3v) is 4.43. The van der Waals surface area contributed by atoms with Gasteiger partial charge in [0.15, 0.2) is 0 Å². The Labute approximate surface area is 121 Å². The minimum atomic E-state index is -0.348. The maximum absolute atomic E-state index is 13.1. The fourth-order valence-electron chi connectivity index (χ4n) is 2.55. The van der Waals surface area contributed by atoms with E-state index in [0.717, 1.165) is 19.4 Å². The van der Waals surface area contributed by atoms with Crippen LogP contribution in [-0.2, 0) is 0 Å². The number of thiophene rings is 1. The number of anilines is 1. The van der Waals surface area contributed by atoms with Gasteiger partial charge in [-0.05, 0) is 42.5 Å². The third-order valence-electron chi connectivity index (χ3n) is 3.46. The summed E-state index contributed by atoms with van der Waals surface area (Å²) in [5.74, 6) is -0.348. The zero-order chi connectivity index (χ0) is 13.9. The zero-order valence-corrected chi connectivity index (χ0v) is 11.7. The standard InChI is InChI=1S/C15H15FN2OS/c16-11-4-1-5-12(10-11)17-15(19)18-8-2-6-13(18)14-7-3-9-20-14/h1,3-5,7,9-10,13H,2,6,8H2,(H,17,19)/t13-/m1/s1. The molecule has 1 fully saturated rings. The van der Waals surface area contributed by atoms with Crippen molar-refractivity contribution in [2.24, 2.45) is 0 Å². The first-order chi connectivity index (χ1) is 9.74. The molecule has 1 aliphatic heterocycles. The Balaban J connectivity index is 1.73. The van der Waals surface area contributed by atoms with Crippen molar-refractivity contribution >= 4 is 23.1 Å². The van der Waals surface area contributed by atoms with Crippen LogP contribution in [0.2, 0.25) is 0 Å². The molecule has 20 heavy (non-hydrogen) atoms. The van der Waals surface area contributed by atoms with Crippen molar-refractivity contribution in [2.75, 3.05) is 11.9 Å². The Morgan fingerprint density at radius 3 is 3.00 bits per heavy atom. The molecule has 104 valence electrons. The Bertz CT molecular complexity index is 600. The van der Waals surface area contributed by atoms with E-state index in [1.165, 1.54) is 17.0 Å². The lowest BCUT2D eigenvalue weighted by atomic mass is 10.2. The highest BCUT2D eigenvalue weighted by molar-refractivity contribution is 7.10. The molecule has 1 aromatic heterocycles. The summed E-state index contributed by atoms with van der Waals surface area (Å²) in [6.45, 7) is 0.740. The summed E-state index contributed by atoms with van der Waals surface area (Å²) in [6, 6.07) is 10.0. The summed E-state index contributed by atoms with van der Waals surface area (Å²) >= 11 is 1.67. The SMILES string of the molecule is O=C(Nc1cccc(F)c1)N1CCC[C@@H]1c1cccs1. The average molecular weight is 290 g/mol. The fraction of sp³-hybridized carbons (Fsp3) is 0.267. The quantitative estimate of drug-likeness (QED) is 0.880. The van der Waals surface area contributed by atoms with Gasteiger partial charge in [0, 0.05) is 17.1 Å². The molecule has 2 heterocycles. The van der Waals surface area contributed by atoms with Crippen LogP contribution in [0.4, 0.5) is 14.9 Å². The van der Waals surface area contributed by atoms with E-state index < -0.39 is 0 Å². The topological polar surface area (TPSA) is 32.3 Å². The molecule has 0 aliphatic carbocycles. The predicted octanol–water partition coefficient (Wildman–Crippen LogP) is 4.26. The van der Waals surface area contributed by atoms with Crippen LogP contribution >= 0.6 is 11.3 Å². The number of halogens is 1. The molecule has 1 aliphatic rings. The summed E-state index contributed by atoms with van der Waals surface area (Å²) in [5.41, 5.74) is 0.492. The van der Waals surface area contributed by atoms with Gasteiger partial charge in [0.2, 0.25) is 0 Å². The molecule has 0 radical (unpaired) electrons. The summed E-state index contributed by atoms with van der Waals surface area (Å²) in [6.07, 6.45) is 1.98. The third kappa shape index (κ3) is 2.67. The molecule has 0 saturated carbocycles. The minimum absolute atomic E-state index is 0.142. The molecule has 1 saturated heterocycles. The number of urea groups is 1. The molecule has 3 rings (SSSR count). The number of nitrogens with zero attached hydrogens (tertiary/aromatic N) is 1. The molecule has 1 atom stereocenters. The maximum atomic E-state index is 13.1. The molecule has 0 unspecified atom stereocenters. The molecule has 3 nitrogen and oxygen atoms in total. The van der Waals surface area contributed by atoms with E-state index in [9.17, 15) is 9.18 Å². The zero-order valence-electron chi connectivity index (χ0n) is 10.9. The highest BCUT2D eigenvalue weighted by atomic mass is 32.1. The first-order valence-electron chi connectivity index (χ1n) is 6.60. The first-order valence-corrected chi connectivity index (χ1v) is 7.48. The molecule has 0 bridgehead atoms. The van der Waals surface area contributed by atoms with E-state index in [2.05, 4.69) is 11.4 Å². The molecule has 1 N–H and O–H groups in total. The highest BCUT2D eigenvalue weighted by Gasteiger charge is 2.30. The van der Waals surface area contributed by atoms with Crippen LogP contribution in [0.3, 0.4) is 0 Å². The Morgan fingerprint density at radius 1 is 1.35 bits per heavy atom. The van der Waals surface area contributed by atoms with E-state index in [1.807, 2.05) is 16.3 Å². The molecule has 2 amide bonds. The number of benzene rings is 1. The van der Waals surface area contributed by atoms with Crippen LogP contribution in [0.5, 0.6) is 0 Å². The van der Waals surface area contributed by atoms with Gasteiger partial charge in [-0.25, -0.2) is 9.18 Å². The van der Waals surface area contributed by atoms with Gasteiger partial charge in [-0.2, -0.15) is 0 Å². The number of hydrogen-bond acceptors (Lipinski definition) is 2. The van der Waals surface area contributed by atoms with Crippen molar-refractivity contribution < 1.29 is 9.18 Å². The monoisotopic (exact) mass is 290 g/mol. The lowest BCUT2D eigenvalue weighted by Crippen LogP contribution is -2.34. The second kappa shape index (κ2) is 5.63. The highest BCUT2D eigenvalue weighted by Crippen LogP contribution is 2.34. The summed E-state index contributed by atoms with van der Waals surface area (Å²) in [4.78, 5) is 15.4. The van der Waals surface area contributed by atoms with Gasteiger partial charge in [-0.1, -0.05) is 12.1 Å². The summed E-state index contributed by atoms with van der Waals surface area (Å²) < 4.78 is 13.1. The van der Waals surface area contributed by atoms with Crippen molar-refractivity contribution in [1.29, 1.82) is 0 Å². The Morgan fingerprint density at radius 2 is 2.25 bits per heavy atom. The van der Waals surface area contributed by atoms with Crippen molar-refractivity contribution in [3.8, 4) is 0 Å². The smallest absolute Gasteiger partial charge is 0.317 e. The van der Waals surface area contributed by atoms with Crippen LogP contribution < -0.4 is 5.32 Å². The number of carbonyl (C=O) groups is 1. The van der Waals surface area contributed by atoms with Crippen molar-refractivity contribution in [3.05, 3.63) is 52.5 Å². The van der Waals surface area contributed by atoms with E-state index in [-0.39, 0.29) is 17.9 Å². The number of amides is 2. The van der Waals surface area contributed by atoms with Gasteiger partial charge in [-0.3, -0.25) is 0 Å². The predicted molar refractivity (Wildman–Crippen MR) is 78.4 cm³/mol. The second-order valence-electron chi connectivity index (χ2n) is 4.81. The molecule has 5 heteroatoms. The second-order valence-corrected chi connectivity index (χ2v) is 5.79. The van der Waals surface area contributed by atoms with E-state index in [0.29, 0.717) is 5.69 Å². The van der Waals surface area contributed by atoms with Crippen LogP contribution in [-0.4, -0.2) is 17.5 Å². The molecule has 0 spiro atoms. The number of nitrogens with one attached hydrogen (secondary N) is 1. The molecule has 2 aromatic rings. The number of likely N-dealkylation sites (tertiary alicyclic amines) is 1. The van der Waals surface area contributed by atoms with Gasteiger partial charge < -0.3 is 10.2 Å². The summed E-state index contributed by atoms with van der Waals surface area (Å²) in [5, 5.41) is 4.79. The van der Waals surface area contributed by atoms with Gasteiger partial charge in [0.1, 0.15) is 5.82 Å². The number of carbonyl (C=O) groups excluding carboxylic acids is 1.